The van der Waals surface area contributed by atoms with E-state index in [1.165, 1.54) is 0 Å². The average Bonchev–Trinajstić information content (AvgIpc) is 3.49. The molecule has 354 valence electrons. The van der Waals surface area contributed by atoms with Crippen LogP contribution < -0.4 is 14.7 Å². The van der Waals surface area contributed by atoms with Crippen molar-refractivity contribution < 1.29 is 0 Å². The van der Waals surface area contributed by atoms with E-state index in [1.54, 1.807) is 0 Å². The Labute approximate surface area is 435 Å². The summed E-state index contributed by atoms with van der Waals surface area (Å²) in [6, 6.07) is 93.1. The molecule has 0 aliphatic carbocycles. The number of hydrogen-bond acceptors (Lipinski definition) is 9. The van der Waals surface area contributed by atoms with Gasteiger partial charge in [-0.1, -0.05) is 200 Å². The van der Waals surface area contributed by atoms with Crippen molar-refractivity contribution in [2.45, 2.75) is 0 Å². The van der Waals surface area contributed by atoms with Crippen molar-refractivity contribution in [3.05, 3.63) is 273 Å². The van der Waals surface area contributed by atoms with Gasteiger partial charge in [-0.25, -0.2) is 29.9 Å². The molecular formula is C66H45N9. The van der Waals surface area contributed by atoms with Gasteiger partial charge in [0, 0.05) is 33.4 Å². The molecule has 0 fully saturated rings. The predicted octanol–water partition coefficient (Wildman–Crippen LogP) is 16.8. The SMILES string of the molecule is c1ccc(-c2cc(-c3ccccc3)nc(N3c4cccc(c4)N(c4nc(-c5ccccc5)cc(-c5ccccc5)n4)c4cccc(c4)N(c4nc(-c5ccccc5)cc(-c5ccccc5)n4)c4cccc3c4)n2)cc1. The van der Waals surface area contributed by atoms with Gasteiger partial charge in [-0.05, 0) is 72.8 Å². The van der Waals surface area contributed by atoms with Crippen LogP contribution in [0, 0.1) is 0 Å². The van der Waals surface area contributed by atoms with E-state index in [1.807, 2.05) is 109 Å². The zero-order chi connectivity index (χ0) is 49.9. The molecule has 13 rings (SSSR count). The normalized spacial score (nSPS) is 11.9. The molecule has 0 saturated heterocycles. The molecule has 6 bridgehead atoms. The molecule has 12 aromatic rings. The van der Waals surface area contributed by atoms with E-state index in [4.69, 9.17) is 29.9 Å². The molecule has 0 unspecified atom stereocenters. The van der Waals surface area contributed by atoms with Crippen molar-refractivity contribution in [1.29, 1.82) is 0 Å². The lowest BCUT2D eigenvalue weighted by molar-refractivity contribution is 1.06. The lowest BCUT2D eigenvalue weighted by Crippen LogP contribution is -2.20. The fourth-order valence-electron chi connectivity index (χ4n) is 9.60. The van der Waals surface area contributed by atoms with E-state index >= 15 is 0 Å². The molecule has 1 aliphatic heterocycles. The Kier molecular flexibility index (Phi) is 11.7. The summed E-state index contributed by atoms with van der Waals surface area (Å²) in [6.07, 6.45) is 0. The molecule has 0 saturated carbocycles. The van der Waals surface area contributed by atoms with Gasteiger partial charge in [0.15, 0.2) is 0 Å². The molecule has 0 amide bonds. The Morgan fingerprint density at radius 3 is 0.520 bits per heavy atom. The van der Waals surface area contributed by atoms with Crippen LogP contribution in [0.1, 0.15) is 0 Å². The summed E-state index contributed by atoms with van der Waals surface area (Å²) < 4.78 is 0. The second kappa shape index (κ2) is 19.7. The van der Waals surface area contributed by atoms with E-state index in [2.05, 4.69) is 178 Å². The Balaban J connectivity index is 1.10. The van der Waals surface area contributed by atoms with Crippen LogP contribution in [0.5, 0.6) is 0 Å². The monoisotopic (exact) mass is 963 g/mol. The zero-order valence-electron chi connectivity index (χ0n) is 40.5. The minimum Gasteiger partial charge on any atom is -0.279 e. The first-order valence-corrected chi connectivity index (χ1v) is 24.9. The van der Waals surface area contributed by atoms with Gasteiger partial charge >= 0.3 is 0 Å². The van der Waals surface area contributed by atoms with E-state index in [-0.39, 0.29) is 0 Å². The van der Waals surface area contributed by atoms with Crippen LogP contribution in [-0.2, 0) is 0 Å². The smallest absolute Gasteiger partial charge is 0.235 e. The lowest BCUT2D eigenvalue weighted by Gasteiger charge is -2.31. The molecule has 0 N–H and O–H groups in total. The summed E-state index contributed by atoms with van der Waals surface area (Å²) in [4.78, 5) is 38.9. The van der Waals surface area contributed by atoms with Crippen LogP contribution in [0.3, 0.4) is 0 Å². The maximum atomic E-state index is 5.42. The van der Waals surface area contributed by atoms with E-state index < -0.39 is 0 Å². The summed E-state index contributed by atoms with van der Waals surface area (Å²) >= 11 is 0. The Morgan fingerprint density at radius 2 is 0.347 bits per heavy atom. The third-order valence-electron chi connectivity index (χ3n) is 13.2. The van der Waals surface area contributed by atoms with Crippen molar-refractivity contribution in [2.24, 2.45) is 0 Å². The van der Waals surface area contributed by atoms with Crippen molar-refractivity contribution in [3.8, 4) is 67.5 Å². The first-order chi connectivity index (χ1) is 37.1. The Morgan fingerprint density at radius 1 is 0.173 bits per heavy atom. The van der Waals surface area contributed by atoms with Crippen LogP contribution in [0.25, 0.3) is 67.5 Å². The maximum Gasteiger partial charge on any atom is 0.235 e. The Bertz CT molecular complexity index is 3310. The van der Waals surface area contributed by atoms with Crippen molar-refractivity contribution in [3.63, 3.8) is 0 Å². The molecule has 1 aliphatic rings. The predicted molar refractivity (Wildman–Crippen MR) is 303 cm³/mol. The summed E-state index contributed by atoms with van der Waals surface area (Å²) in [6.45, 7) is 0. The van der Waals surface area contributed by atoms with Crippen LogP contribution >= 0.6 is 0 Å². The van der Waals surface area contributed by atoms with Crippen LogP contribution in [0.4, 0.5) is 52.0 Å². The standard InChI is InChI=1S/C66H45N9/c1-7-22-46(23-8-1)58-43-59(47-24-9-2-10-25-47)68-64(67-58)73-52-34-19-36-54(40-52)74(65-69-60(48-26-11-3-12-27-48)44-61(70-65)49-28-13-4-14-29-49)56-38-21-39-57(42-56)75(55-37-20-35-53(73)41-55)66-71-62(50-30-15-5-16-31-50)45-63(72-66)51-32-17-6-18-33-51/h1-45H. The van der Waals surface area contributed by atoms with Gasteiger partial charge in [-0.15, -0.1) is 0 Å². The lowest BCUT2D eigenvalue weighted by atomic mass is 10.1. The average molecular weight is 964 g/mol. The highest BCUT2D eigenvalue weighted by Gasteiger charge is 2.27. The molecule has 9 heteroatoms. The van der Waals surface area contributed by atoms with Crippen LogP contribution in [0.2, 0.25) is 0 Å². The second-order valence-corrected chi connectivity index (χ2v) is 18.1. The van der Waals surface area contributed by atoms with Gasteiger partial charge in [0.05, 0.1) is 68.3 Å². The molecular weight excluding hydrogens is 919 g/mol. The van der Waals surface area contributed by atoms with Crippen LogP contribution in [-0.4, -0.2) is 29.9 Å². The molecule has 75 heavy (non-hydrogen) atoms. The first kappa shape index (κ1) is 44.6. The molecule has 3 aromatic heterocycles. The largest absolute Gasteiger partial charge is 0.279 e. The number of anilines is 9. The number of rotatable bonds is 9. The number of fused-ring (bicyclic) bond motifs is 6. The fraction of sp³-hybridized carbons (Fsp3) is 0. The summed E-state index contributed by atoms with van der Waals surface area (Å²) in [5.74, 6) is 1.46. The molecule has 4 heterocycles. The maximum absolute atomic E-state index is 5.42. The second-order valence-electron chi connectivity index (χ2n) is 18.1. The summed E-state index contributed by atoms with van der Waals surface area (Å²) in [5, 5.41) is 0. The van der Waals surface area contributed by atoms with Gasteiger partial charge < -0.3 is 0 Å². The number of benzene rings is 9. The van der Waals surface area contributed by atoms with Crippen LogP contribution in [0.15, 0.2) is 273 Å². The first-order valence-electron chi connectivity index (χ1n) is 24.9. The highest BCUT2D eigenvalue weighted by molar-refractivity contribution is 5.88. The summed E-state index contributed by atoms with van der Waals surface area (Å²) in [7, 11) is 0. The number of hydrogen-bond donors (Lipinski definition) is 0. The van der Waals surface area contributed by atoms with Crippen molar-refractivity contribution >= 4 is 52.0 Å². The number of nitrogens with zero attached hydrogens (tertiary/aromatic N) is 9. The van der Waals surface area contributed by atoms with E-state index in [0.29, 0.717) is 17.8 Å². The number of aromatic nitrogens is 6. The molecule has 9 nitrogen and oxygen atoms in total. The topological polar surface area (TPSA) is 87.1 Å². The third-order valence-corrected chi connectivity index (χ3v) is 13.2. The zero-order valence-corrected chi connectivity index (χ0v) is 40.5. The van der Waals surface area contributed by atoms with Gasteiger partial charge in [-0.2, -0.15) is 0 Å². The minimum absolute atomic E-state index is 0.487. The van der Waals surface area contributed by atoms with Gasteiger partial charge in [0.1, 0.15) is 0 Å². The minimum atomic E-state index is 0.487. The van der Waals surface area contributed by atoms with Gasteiger partial charge in [0.25, 0.3) is 0 Å². The van der Waals surface area contributed by atoms with Crippen molar-refractivity contribution in [2.75, 3.05) is 14.7 Å². The fourth-order valence-corrected chi connectivity index (χ4v) is 9.60. The van der Waals surface area contributed by atoms with E-state index in [0.717, 1.165) is 102 Å². The quantitative estimate of drug-likeness (QED) is 0.140. The van der Waals surface area contributed by atoms with E-state index in [9.17, 15) is 0 Å². The molecule has 0 spiro atoms. The molecule has 9 aromatic carbocycles. The van der Waals surface area contributed by atoms with Crippen molar-refractivity contribution in [1.82, 2.24) is 29.9 Å². The summed E-state index contributed by atoms with van der Waals surface area (Å²) in [5.41, 5.74) is 15.5. The highest BCUT2D eigenvalue weighted by atomic mass is 15.3. The third kappa shape index (κ3) is 9.02. The molecule has 0 atom stereocenters. The Hall–Kier alpha value is -10.4. The highest BCUT2D eigenvalue weighted by Crippen LogP contribution is 2.46. The van der Waals surface area contributed by atoms with Gasteiger partial charge in [0.2, 0.25) is 17.8 Å². The molecule has 0 radical (unpaired) electrons. The van der Waals surface area contributed by atoms with Gasteiger partial charge in [-0.3, -0.25) is 14.7 Å².